The van der Waals surface area contributed by atoms with E-state index in [1.165, 1.54) is 12.3 Å². The van der Waals surface area contributed by atoms with Gasteiger partial charge in [0.25, 0.3) is 5.91 Å². The monoisotopic (exact) mass is 337 g/mol. The third kappa shape index (κ3) is 3.80. The highest BCUT2D eigenvalue weighted by Crippen LogP contribution is 2.14. The zero-order valence-corrected chi connectivity index (χ0v) is 13.3. The van der Waals surface area contributed by atoms with Crippen molar-refractivity contribution in [2.75, 3.05) is 0 Å². The maximum absolute atomic E-state index is 13.8. The zero-order chi connectivity index (χ0) is 17.8. The summed E-state index contributed by atoms with van der Waals surface area (Å²) in [4.78, 5) is 28.3. The van der Waals surface area contributed by atoms with Gasteiger partial charge < -0.3 is 11.1 Å². The maximum Gasteiger partial charge on any atom is 0.253 e. The number of halogens is 1. The number of para-hydroxylation sites is 1. The molecule has 0 radical (unpaired) electrons. The Hall–Kier alpha value is -3.28. The van der Waals surface area contributed by atoms with E-state index in [0.29, 0.717) is 11.1 Å². The molecule has 0 aliphatic rings. The van der Waals surface area contributed by atoms with Crippen molar-refractivity contribution in [1.29, 1.82) is 0 Å². The molecule has 3 N–H and O–H groups in total. The van der Waals surface area contributed by atoms with Gasteiger partial charge in [-0.3, -0.25) is 14.6 Å². The summed E-state index contributed by atoms with van der Waals surface area (Å²) in [5.74, 6) is -1.67. The third-order valence-electron chi connectivity index (χ3n) is 3.88. The van der Waals surface area contributed by atoms with Crippen LogP contribution in [0.15, 0.2) is 60.8 Å². The fourth-order valence-electron chi connectivity index (χ4n) is 2.54. The molecule has 1 heterocycles. The Bertz CT molecular complexity index is 943. The zero-order valence-electron chi connectivity index (χ0n) is 13.3. The smallest absolute Gasteiger partial charge is 0.253 e. The lowest BCUT2D eigenvalue weighted by molar-refractivity contribution is -0.119. The van der Waals surface area contributed by atoms with E-state index in [4.69, 9.17) is 5.73 Å². The topological polar surface area (TPSA) is 85.1 Å². The molecule has 3 aromatic rings. The molecule has 5 nitrogen and oxygen atoms in total. The molecule has 0 aliphatic carbocycles. The third-order valence-corrected chi connectivity index (χ3v) is 3.88. The summed E-state index contributed by atoms with van der Waals surface area (Å²) >= 11 is 0. The van der Waals surface area contributed by atoms with Gasteiger partial charge in [0.05, 0.1) is 11.1 Å². The second-order valence-corrected chi connectivity index (χ2v) is 5.64. The van der Waals surface area contributed by atoms with Crippen LogP contribution in [0.3, 0.4) is 0 Å². The first-order valence-electron chi connectivity index (χ1n) is 7.73. The molecule has 1 atom stereocenters. The number of hydrogen-bond donors (Lipinski definition) is 2. The van der Waals surface area contributed by atoms with Crippen molar-refractivity contribution in [3.8, 4) is 0 Å². The van der Waals surface area contributed by atoms with Crippen molar-refractivity contribution < 1.29 is 14.0 Å². The highest BCUT2D eigenvalue weighted by molar-refractivity contribution is 5.99. The first kappa shape index (κ1) is 16.6. The molecule has 0 fully saturated rings. The second kappa shape index (κ2) is 7.09. The molecule has 0 saturated carbocycles. The standard InChI is InChI=1S/C19H16FN3O2/c20-15-7-3-1-5-12(15)10-17(18(21)24)23-19(25)14-9-13-6-2-4-8-16(13)22-11-14/h1-9,11,17H,10H2,(H2,21,24)(H,23,25)/t17-/m1/s1. The SMILES string of the molecule is NC(=O)[C@@H](Cc1ccccc1F)NC(=O)c1cnc2ccccc2c1. The number of aromatic nitrogens is 1. The lowest BCUT2D eigenvalue weighted by Crippen LogP contribution is -2.46. The molecule has 2 aromatic carbocycles. The maximum atomic E-state index is 13.8. The number of primary amides is 1. The number of nitrogens with two attached hydrogens (primary N) is 1. The lowest BCUT2D eigenvalue weighted by atomic mass is 10.0. The molecule has 25 heavy (non-hydrogen) atoms. The van der Waals surface area contributed by atoms with Crippen LogP contribution >= 0.6 is 0 Å². The van der Waals surface area contributed by atoms with Gasteiger partial charge in [-0.15, -0.1) is 0 Å². The van der Waals surface area contributed by atoms with Crippen molar-refractivity contribution in [3.63, 3.8) is 0 Å². The molecule has 0 saturated heterocycles. The summed E-state index contributed by atoms with van der Waals surface area (Å²) in [7, 11) is 0. The molecular formula is C19H16FN3O2. The van der Waals surface area contributed by atoms with Crippen molar-refractivity contribution >= 4 is 22.7 Å². The summed E-state index contributed by atoms with van der Waals surface area (Å²) in [6, 6.07) is 14.1. The van der Waals surface area contributed by atoms with Crippen molar-refractivity contribution in [2.24, 2.45) is 5.73 Å². The van der Waals surface area contributed by atoms with E-state index in [1.54, 1.807) is 24.3 Å². The average Bonchev–Trinajstić information content (AvgIpc) is 2.62. The molecule has 0 unspecified atom stereocenters. The number of hydrogen-bond acceptors (Lipinski definition) is 3. The van der Waals surface area contributed by atoms with Gasteiger partial charge in [-0.1, -0.05) is 36.4 Å². The fourth-order valence-corrected chi connectivity index (χ4v) is 2.54. The van der Waals surface area contributed by atoms with Crippen molar-refractivity contribution in [3.05, 3.63) is 77.7 Å². The van der Waals surface area contributed by atoms with Crippen LogP contribution in [0.1, 0.15) is 15.9 Å². The molecule has 0 aliphatic heterocycles. The fraction of sp³-hybridized carbons (Fsp3) is 0.105. The van der Waals surface area contributed by atoms with E-state index >= 15 is 0 Å². The Kier molecular flexibility index (Phi) is 4.70. The molecule has 6 heteroatoms. The summed E-state index contributed by atoms with van der Waals surface area (Å²) in [6.45, 7) is 0. The van der Waals surface area contributed by atoms with Crippen LogP contribution in [0.25, 0.3) is 10.9 Å². The van der Waals surface area contributed by atoms with E-state index in [1.807, 2.05) is 24.3 Å². The van der Waals surface area contributed by atoms with E-state index in [0.717, 1.165) is 10.9 Å². The van der Waals surface area contributed by atoms with Crippen LogP contribution < -0.4 is 11.1 Å². The molecular weight excluding hydrogens is 321 g/mol. The number of pyridine rings is 1. The van der Waals surface area contributed by atoms with Gasteiger partial charge in [-0.05, 0) is 23.8 Å². The van der Waals surface area contributed by atoms with Crippen LogP contribution in [0, 0.1) is 5.82 Å². The average molecular weight is 337 g/mol. The van der Waals surface area contributed by atoms with E-state index in [-0.39, 0.29) is 6.42 Å². The Balaban J connectivity index is 1.80. The first-order chi connectivity index (χ1) is 12.0. The Morgan fingerprint density at radius 3 is 2.60 bits per heavy atom. The highest BCUT2D eigenvalue weighted by Gasteiger charge is 2.21. The Morgan fingerprint density at radius 2 is 1.84 bits per heavy atom. The summed E-state index contributed by atoms with van der Waals surface area (Å²) in [5, 5.41) is 3.36. The van der Waals surface area contributed by atoms with Crippen molar-refractivity contribution in [1.82, 2.24) is 10.3 Å². The van der Waals surface area contributed by atoms with Gasteiger partial charge in [0.1, 0.15) is 11.9 Å². The second-order valence-electron chi connectivity index (χ2n) is 5.64. The number of rotatable bonds is 5. The number of nitrogens with one attached hydrogen (secondary N) is 1. The van der Waals surface area contributed by atoms with Gasteiger partial charge in [-0.25, -0.2) is 4.39 Å². The van der Waals surface area contributed by atoms with Gasteiger partial charge in [0, 0.05) is 18.0 Å². The predicted molar refractivity (Wildman–Crippen MR) is 92.3 cm³/mol. The summed E-state index contributed by atoms with van der Waals surface area (Å²) in [5.41, 5.74) is 6.73. The lowest BCUT2D eigenvalue weighted by Gasteiger charge is -2.16. The molecule has 3 rings (SSSR count). The van der Waals surface area contributed by atoms with Gasteiger partial charge >= 0.3 is 0 Å². The van der Waals surface area contributed by atoms with Crippen LogP contribution in [-0.2, 0) is 11.2 Å². The molecule has 2 amide bonds. The largest absolute Gasteiger partial charge is 0.368 e. The van der Waals surface area contributed by atoms with Crippen LogP contribution in [0.4, 0.5) is 4.39 Å². The molecule has 0 bridgehead atoms. The quantitative estimate of drug-likeness (QED) is 0.748. The number of amides is 2. The minimum absolute atomic E-state index is 0.0191. The number of carbonyl (C=O) groups excluding carboxylic acids is 2. The Labute approximate surface area is 143 Å². The molecule has 1 aromatic heterocycles. The summed E-state index contributed by atoms with van der Waals surface area (Å²) in [6.07, 6.45) is 1.41. The van der Waals surface area contributed by atoms with Crippen molar-refractivity contribution in [2.45, 2.75) is 12.5 Å². The molecule has 0 spiro atoms. The number of carbonyl (C=O) groups is 2. The minimum atomic E-state index is -1.02. The number of nitrogens with zero attached hydrogens (tertiary/aromatic N) is 1. The first-order valence-corrected chi connectivity index (χ1v) is 7.73. The van der Waals surface area contributed by atoms with E-state index < -0.39 is 23.7 Å². The van der Waals surface area contributed by atoms with Gasteiger partial charge in [0.15, 0.2) is 0 Å². The van der Waals surface area contributed by atoms with E-state index in [2.05, 4.69) is 10.3 Å². The Morgan fingerprint density at radius 1 is 1.12 bits per heavy atom. The highest BCUT2D eigenvalue weighted by atomic mass is 19.1. The summed E-state index contributed by atoms with van der Waals surface area (Å²) < 4.78 is 13.8. The van der Waals surface area contributed by atoms with Crippen LogP contribution in [-0.4, -0.2) is 22.8 Å². The van der Waals surface area contributed by atoms with E-state index in [9.17, 15) is 14.0 Å². The van der Waals surface area contributed by atoms with Gasteiger partial charge in [-0.2, -0.15) is 0 Å². The number of fused-ring (bicyclic) bond motifs is 1. The molecule has 126 valence electrons. The number of benzene rings is 2. The normalized spacial score (nSPS) is 11.9. The van der Waals surface area contributed by atoms with Crippen LogP contribution in [0.2, 0.25) is 0 Å². The van der Waals surface area contributed by atoms with Crippen LogP contribution in [0.5, 0.6) is 0 Å². The minimum Gasteiger partial charge on any atom is -0.368 e. The van der Waals surface area contributed by atoms with Gasteiger partial charge in [0.2, 0.25) is 5.91 Å². The predicted octanol–water partition coefficient (Wildman–Crippen LogP) is 2.20.